The van der Waals surface area contributed by atoms with Gasteiger partial charge in [0.15, 0.2) is 11.5 Å². The maximum atomic E-state index is 10.9. The molecule has 2 N–H and O–H groups in total. The molecule has 0 saturated heterocycles. The monoisotopic (exact) mass is 301 g/mol. The van der Waals surface area contributed by atoms with Crippen LogP contribution in [0.2, 0.25) is 0 Å². The molecule has 114 valence electrons. The number of rotatable bonds is 5. The first-order valence-corrected chi connectivity index (χ1v) is 6.42. The molecule has 2 aromatic rings. The summed E-state index contributed by atoms with van der Waals surface area (Å²) in [5.74, 6) is -0.187. The van der Waals surface area contributed by atoms with E-state index in [4.69, 9.17) is 4.74 Å². The van der Waals surface area contributed by atoms with Crippen molar-refractivity contribution >= 4 is 17.6 Å². The maximum Gasteiger partial charge on any atom is 0.274 e. The summed E-state index contributed by atoms with van der Waals surface area (Å²) in [6, 6.07) is 9.91. The number of methoxy groups -OCH3 is 1. The van der Waals surface area contributed by atoms with E-state index in [9.17, 15) is 15.2 Å². The first-order valence-electron chi connectivity index (χ1n) is 6.42. The van der Waals surface area contributed by atoms with Crippen LogP contribution in [0.25, 0.3) is 0 Å². The molecule has 0 atom stereocenters. The highest BCUT2D eigenvalue weighted by Crippen LogP contribution is 2.33. The van der Waals surface area contributed by atoms with E-state index in [1.807, 2.05) is 31.2 Å². The summed E-state index contributed by atoms with van der Waals surface area (Å²) in [5.41, 5.74) is 4.66. The lowest BCUT2D eigenvalue weighted by molar-refractivity contribution is -0.385. The highest BCUT2D eigenvalue weighted by molar-refractivity contribution is 5.86. The van der Waals surface area contributed by atoms with Crippen molar-refractivity contribution in [3.63, 3.8) is 0 Å². The molecule has 0 bridgehead atoms. The normalized spacial score (nSPS) is 10.6. The lowest BCUT2D eigenvalue weighted by Gasteiger charge is -2.06. The summed E-state index contributed by atoms with van der Waals surface area (Å²) in [7, 11) is 1.32. The number of phenols is 1. The Balaban J connectivity index is 2.24. The molecule has 0 radical (unpaired) electrons. The van der Waals surface area contributed by atoms with Crippen LogP contribution in [-0.2, 0) is 0 Å². The molecule has 2 aromatic carbocycles. The van der Waals surface area contributed by atoms with Gasteiger partial charge >= 0.3 is 0 Å². The Morgan fingerprint density at radius 1 is 1.32 bits per heavy atom. The number of aryl methyl sites for hydroxylation is 1. The molecule has 7 heteroatoms. The number of hydrazone groups is 1. The minimum Gasteiger partial charge on any atom is -0.504 e. The molecule has 2 rings (SSSR count). The minimum atomic E-state index is -0.563. The summed E-state index contributed by atoms with van der Waals surface area (Å²) < 4.78 is 4.92. The SMILES string of the molecule is COc1cc([N+](=O)[O-])cc(/C=N\Nc2ccc(C)cc2)c1O. The average molecular weight is 301 g/mol. The number of ether oxygens (including phenoxy) is 1. The van der Waals surface area contributed by atoms with Crippen LogP contribution in [0.3, 0.4) is 0 Å². The van der Waals surface area contributed by atoms with Gasteiger partial charge in [0.1, 0.15) is 0 Å². The maximum absolute atomic E-state index is 10.9. The second-order valence-corrected chi connectivity index (χ2v) is 4.58. The fourth-order valence-electron chi connectivity index (χ4n) is 1.78. The van der Waals surface area contributed by atoms with Gasteiger partial charge in [-0.15, -0.1) is 0 Å². The zero-order valence-corrected chi connectivity index (χ0v) is 12.1. The van der Waals surface area contributed by atoms with Crippen LogP contribution < -0.4 is 10.2 Å². The number of nitro benzene ring substituents is 1. The number of nitrogens with zero attached hydrogens (tertiary/aromatic N) is 2. The Morgan fingerprint density at radius 3 is 2.59 bits per heavy atom. The Labute approximate surface area is 127 Å². The molecule has 0 unspecified atom stereocenters. The van der Waals surface area contributed by atoms with E-state index in [2.05, 4.69) is 10.5 Å². The van der Waals surface area contributed by atoms with Crippen LogP contribution in [0.15, 0.2) is 41.5 Å². The number of phenolic OH excluding ortho intramolecular Hbond substituents is 1. The molecular weight excluding hydrogens is 286 g/mol. The van der Waals surface area contributed by atoms with E-state index in [1.165, 1.54) is 19.4 Å². The van der Waals surface area contributed by atoms with Crippen molar-refractivity contribution in [3.05, 3.63) is 57.6 Å². The summed E-state index contributed by atoms with van der Waals surface area (Å²) in [4.78, 5) is 10.3. The zero-order valence-electron chi connectivity index (χ0n) is 12.1. The average Bonchev–Trinajstić information content (AvgIpc) is 2.50. The number of hydrogen-bond donors (Lipinski definition) is 2. The van der Waals surface area contributed by atoms with Crippen molar-refractivity contribution in [2.45, 2.75) is 6.92 Å². The largest absolute Gasteiger partial charge is 0.504 e. The number of nitro groups is 1. The Hall–Kier alpha value is -3.09. The van der Waals surface area contributed by atoms with E-state index < -0.39 is 4.92 Å². The third-order valence-corrected chi connectivity index (χ3v) is 2.97. The van der Waals surface area contributed by atoms with Gasteiger partial charge in [0.2, 0.25) is 0 Å². The molecule has 0 spiro atoms. The van der Waals surface area contributed by atoms with Crippen LogP contribution in [0.1, 0.15) is 11.1 Å². The van der Waals surface area contributed by atoms with Crippen LogP contribution >= 0.6 is 0 Å². The van der Waals surface area contributed by atoms with Gasteiger partial charge in [0.25, 0.3) is 5.69 Å². The predicted molar refractivity (Wildman–Crippen MR) is 83.7 cm³/mol. The van der Waals surface area contributed by atoms with Crippen molar-refractivity contribution in [1.29, 1.82) is 0 Å². The first kappa shape index (κ1) is 15.3. The highest BCUT2D eigenvalue weighted by atomic mass is 16.6. The third kappa shape index (κ3) is 3.51. The fourth-order valence-corrected chi connectivity index (χ4v) is 1.78. The van der Waals surface area contributed by atoms with Crippen LogP contribution in [-0.4, -0.2) is 23.4 Å². The standard InChI is InChI=1S/C15H15N3O4/c1-10-3-5-12(6-4-10)17-16-9-11-7-13(18(20)21)8-14(22-2)15(11)19/h3-9,17,19H,1-2H3/b16-9-. The smallest absolute Gasteiger partial charge is 0.274 e. The number of nitrogens with one attached hydrogen (secondary N) is 1. The molecule has 0 aromatic heterocycles. The first-order chi connectivity index (χ1) is 10.5. The van der Waals surface area contributed by atoms with Gasteiger partial charge in [0, 0.05) is 11.6 Å². The number of hydrogen-bond acceptors (Lipinski definition) is 6. The van der Waals surface area contributed by atoms with Crippen LogP contribution in [0.4, 0.5) is 11.4 Å². The topological polar surface area (TPSA) is 97.0 Å². The van der Waals surface area contributed by atoms with Crippen molar-refractivity contribution in [2.24, 2.45) is 5.10 Å². The molecule has 0 aliphatic carbocycles. The van der Waals surface area contributed by atoms with Gasteiger partial charge in [-0.1, -0.05) is 17.7 Å². The molecule has 22 heavy (non-hydrogen) atoms. The molecule has 0 amide bonds. The van der Waals surface area contributed by atoms with E-state index >= 15 is 0 Å². The zero-order chi connectivity index (χ0) is 16.1. The number of anilines is 1. The molecular formula is C15H15N3O4. The van der Waals surface area contributed by atoms with Crippen molar-refractivity contribution < 1.29 is 14.8 Å². The van der Waals surface area contributed by atoms with Gasteiger partial charge in [-0.3, -0.25) is 15.5 Å². The highest BCUT2D eigenvalue weighted by Gasteiger charge is 2.15. The second kappa shape index (κ2) is 6.57. The molecule has 0 heterocycles. The van der Waals surface area contributed by atoms with E-state index in [0.29, 0.717) is 0 Å². The van der Waals surface area contributed by atoms with Crippen LogP contribution in [0, 0.1) is 17.0 Å². The second-order valence-electron chi connectivity index (χ2n) is 4.58. The van der Waals surface area contributed by atoms with Crippen LogP contribution in [0.5, 0.6) is 11.5 Å². The Morgan fingerprint density at radius 2 is 2.00 bits per heavy atom. The van der Waals surface area contributed by atoms with E-state index in [0.717, 1.165) is 17.3 Å². The van der Waals surface area contributed by atoms with E-state index in [-0.39, 0.29) is 22.7 Å². The molecule has 0 aliphatic rings. The molecule has 0 aliphatic heterocycles. The minimum absolute atomic E-state index is 0.0194. The van der Waals surface area contributed by atoms with Gasteiger partial charge in [-0.05, 0) is 19.1 Å². The van der Waals surface area contributed by atoms with Crippen molar-refractivity contribution in [1.82, 2.24) is 0 Å². The summed E-state index contributed by atoms with van der Waals surface area (Å²) in [6.07, 6.45) is 1.30. The number of non-ortho nitro benzene ring substituents is 1. The summed E-state index contributed by atoms with van der Waals surface area (Å²) in [6.45, 7) is 1.97. The molecule has 0 fully saturated rings. The van der Waals surface area contributed by atoms with E-state index in [1.54, 1.807) is 0 Å². The molecule has 0 saturated carbocycles. The summed E-state index contributed by atoms with van der Waals surface area (Å²) >= 11 is 0. The van der Waals surface area contributed by atoms with Gasteiger partial charge < -0.3 is 9.84 Å². The van der Waals surface area contributed by atoms with Gasteiger partial charge in [0.05, 0.1) is 30.0 Å². The summed E-state index contributed by atoms with van der Waals surface area (Å²) in [5, 5.41) is 24.8. The number of aromatic hydroxyl groups is 1. The van der Waals surface area contributed by atoms with Gasteiger partial charge in [-0.25, -0.2) is 0 Å². The van der Waals surface area contributed by atoms with Gasteiger partial charge in [-0.2, -0.15) is 5.10 Å². The fraction of sp³-hybridized carbons (Fsp3) is 0.133. The molecule has 7 nitrogen and oxygen atoms in total. The number of benzene rings is 2. The predicted octanol–water partition coefficient (Wildman–Crippen LogP) is 3.06. The Bertz CT molecular complexity index is 711. The Kier molecular flexibility index (Phi) is 4.57. The van der Waals surface area contributed by atoms with Crippen molar-refractivity contribution in [2.75, 3.05) is 12.5 Å². The van der Waals surface area contributed by atoms with Crippen molar-refractivity contribution in [3.8, 4) is 11.5 Å². The third-order valence-electron chi connectivity index (χ3n) is 2.97. The lowest BCUT2D eigenvalue weighted by Crippen LogP contribution is -1.96. The quantitative estimate of drug-likeness (QED) is 0.502. The lowest BCUT2D eigenvalue weighted by atomic mass is 10.2.